The number of hydrogen-bond acceptors (Lipinski definition) is 0. The smallest absolute Gasteiger partial charge is 0.252 e. The molecular weight excluding hydrogens is 639 g/mol. The minimum atomic E-state index is 0.0351. The summed E-state index contributed by atoms with van der Waals surface area (Å²) in [6, 6.07) is 53.1. The Kier molecular flexibility index (Phi) is 6.05. The Morgan fingerprint density at radius 2 is 0.868 bits per heavy atom. The van der Waals surface area contributed by atoms with Gasteiger partial charge in [0.15, 0.2) is 0 Å². The predicted molar refractivity (Wildman–Crippen MR) is 228 cm³/mol. The molecular formula is C50H41BN2. The predicted octanol–water partition coefficient (Wildman–Crippen LogP) is 11.0. The molecule has 0 unspecified atom stereocenters. The lowest BCUT2D eigenvalue weighted by atomic mass is 9.34. The van der Waals surface area contributed by atoms with Crippen LogP contribution in [0.5, 0.6) is 0 Å². The van der Waals surface area contributed by atoms with Gasteiger partial charge in [-0.2, -0.15) is 0 Å². The molecule has 0 N–H and O–H groups in total. The average Bonchev–Trinajstić information content (AvgIpc) is 3.69. The molecule has 4 heterocycles. The van der Waals surface area contributed by atoms with Crippen LogP contribution in [-0.4, -0.2) is 15.8 Å². The van der Waals surface area contributed by atoms with Crippen molar-refractivity contribution < 1.29 is 0 Å². The SMILES string of the molecule is CC(C)(C)c1ccc2c(c1)c1c(-c3ccccc3)ccc3c1n2-c1cccc2c1B3c1ccc(-c3ccccc3)c3c4cc(C(C)(C)C)ccc4n-2c13. The van der Waals surface area contributed by atoms with E-state index in [4.69, 9.17) is 0 Å². The Bertz CT molecular complexity index is 2800. The van der Waals surface area contributed by atoms with Gasteiger partial charge in [-0.1, -0.05) is 145 Å². The van der Waals surface area contributed by atoms with E-state index in [0.717, 1.165) is 0 Å². The van der Waals surface area contributed by atoms with E-state index in [1.165, 1.54) is 105 Å². The topological polar surface area (TPSA) is 9.86 Å². The van der Waals surface area contributed by atoms with Gasteiger partial charge in [-0.05, 0) is 97.0 Å². The minimum Gasteiger partial charge on any atom is -0.310 e. The molecule has 0 saturated heterocycles. The highest BCUT2D eigenvalue weighted by Crippen LogP contribution is 2.45. The molecule has 3 heteroatoms. The van der Waals surface area contributed by atoms with Crippen LogP contribution in [0.15, 0.2) is 140 Å². The minimum absolute atomic E-state index is 0.0351. The zero-order valence-corrected chi connectivity index (χ0v) is 31.3. The number of fused-ring (bicyclic) bond motifs is 10. The molecule has 0 bridgehead atoms. The van der Waals surface area contributed by atoms with Crippen molar-refractivity contribution in [3.63, 3.8) is 0 Å². The fraction of sp³-hybridized carbons (Fsp3) is 0.160. The molecule has 0 amide bonds. The third kappa shape index (κ3) is 4.11. The second-order valence-corrected chi connectivity index (χ2v) is 17.4. The van der Waals surface area contributed by atoms with Gasteiger partial charge in [0.25, 0.3) is 6.71 Å². The Labute approximate surface area is 311 Å². The van der Waals surface area contributed by atoms with Crippen molar-refractivity contribution in [3.8, 4) is 33.6 Å². The number of aromatic nitrogens is 2. The van der Waals surface area contributed by atoms with E-state index in [9.17, 15) is 0 Å². The highest BCUT2D eigenvalue weighted by atomic mass is 15.0. The van der Waals surface area contributed by atoms with Crippen LogP contribution in [0.4, 0.5) is 0 Å². The maximum atomic E-state index is 2.60. The van der Waals surface area contributed by atoms with Crippen LogP contribution < -0.4 is 16.4 Å². The Hall–Kier alpha value is -5.80. The van der Waals surface area contributed by atoms with Crippen molar-refractivity contribution in [1.82, 2.24) is 9.13 Å². The zero-order valence-electron chi connectivity index (χ0n) is 31.3. The summed E-state index contributed by atoms with van der Waals surface area (Å²) in [5.74, 6) is 0. The summed E-state index contributed by atoms with van der Waals surface area (Å²) in [4.78, 5) is 0. The van der Waals surface area contributed by atoms with E-state index in [-0.39, 0.29) is 17.5 Å². The molecule has 2 aromatic heterocycles. The third-order valence-corrected chi connectivity index (χ3v) is 12.2. The molecule has 0 atom stereocenters. The van der Waals surface area contributed by atoms with Crippen LogP contribution in [0.25, 0.3) is 77.2 Å². The Balaban J connectivity index is 1.32. The van der Waals surface area contributed by atoms with Gasteiger partial charge in [-0.15, -0.1) is 0 Å². The standard InChI is InChI=1S/C50H41BN2/c1-49(2,3)32-20-26-40-36(28-32)44-34(30-14-9-7-10-15-30)22-24-38-47(44)52(40)42-18-13-19-43-46(42)51(38)39-25-23-35(31-16-11-8-12-17-31)45-37-29-33(50(4,5)6)21-27-41(37)53(43)48(39)45/h7-29H,1-6H3. The maximum absolute atomic E-state index is 2.60. The van der Waals surface area contributed by atoms with E-state index in [1.54, 1.807) is 0 Å². The van der Waals surface area contributed by atoms with E-state index in [2.05, 4.69) is 190 Å². The van der Waals surface area contributed by atoms with Crippen molar-refractivity contribution in [2.45, 2.75) is 52.4 Å². The first-order chi connectivity index (χ1) is 25.6. The number of nitrogens with zero attached hydrogens (tertiary/aromatic N) is 2. The number of benzene rings is 7. The summed E-state index contributed by atoms with van der Waals surface area (Å²) in [5.41, 5.74) is 19.8. The van der Waals surface area contributed by atoms with Gasteiger partial charge >= 0.3 is 0 Å². The molecule has 0 spiro atoms. The summed E-state index contributed by atoms with van der Waals surface area (Å²) in [6.07, 6.45) is 0. The first-order valence-electron chi connectivity index (χ1n) is 19.1. The Morgan fingerprint density at radius 1 is 0.434 bits per heavy atom. The average molecular weight is 681 g/mol. The van der Waals surface area contributed by atoms with Gasteiger partial charge in [0.05, 0.1) is 11.0 Å². The van der Waals surface area contributed by atoms with Gasteiger partial charge < -0.3 is 9.13 Å². The molecule has 254 valence electrons. The molecule has 2 aliphatic rings. The van der Waals surface area contributed by atoms with Crippen molar-refractivity contribution in [3.05, 3.63) is 151 Å². The molecule has 53 heavy (non-hydrogen) atoms. The van der Waals surface area contributed by atoms with Crippen molar-refractivity contribution in [2.24, 2.45) is 0 Å². The fourth-order valence-electron chi connectivity index (χ4n) is 9.67. The van der Waals surface area contributed by atoms with Crippen LogP contribution >= 0.6 is 0 Å². The molecule has 0 radical (unpaired) electrons. The zero-order chi connectivity index (χ0) is 36.0. The second kappa shape index (κ2) is 10.4. The molecule has 2 nitrogen and oxygen atoms in total. The van der Waals surface area contributed by atoms with Crippen molar-refractivity contribution in [1.29, 1.82) is 0 Å². The van der Waals surface area contributed by atoms with Crippen LogP contribution in [0.2, 0.25) is 0 Å². The largest absolute Gasteiger partial charge is 0.310 e. The van der Waals surface area contributed by atoms with E-state index < -0.39 is 0 Å². The van der Waals surface area contributed by atoms with Crippen LogP contribution in [0, 0.1) is 0 Å². The highest BCUT2D eigenvalue weighted by molar-refractivity contribution is 7.00. The summed E-state index contributed by atoms with van der Waals surface area (Å²) in [6.45, 7) is 14.0. The first kappa shape index (κ1) is 30.8. The third-order valence-electron chi connectivity index (χ3n) is 12.2. The maximum Gasteiger partial charge on any atom is 0.252 e. The molecule has 9 aromatic rings. The van der Waals surface area contributed by atoms with E-state index >= 15 is 0 Å². The van der Waals surface area contributed by atoms with E-state index in [0.29, 0.717) is 0 Å². The summed E-state index contributed by atoms with van der Waals surface area (Å²) < 4.78 is 5.19. The molecule has 0 aliphatic carbocycles. The van der Waals surface area contributed by atoms with Crippen LogP contribution in [0.1, 0.15) is 52.7 Å². The summed E-state index contributed by atoms with van der Waals surface area (Å²) in [7, 11) is 0. The van der Waals surface area contributed by atoms with Gasteiger partial charge in [-0.25, -0.2) is 0 Å². The monoisotopic (exact) mass is 680 g/mol. The van der Waals surface area contributed by atoms with Crippen LogP contribution in [-0.2, 0) is 10.8 Å². The normalized spacial score (nSPS) is 13.4. The van der Waals surface area contributed by atoms with Crippen molar-refractivity contribution in [2.75, 3.05) is 0 Å². The first-order valence-corrected chi connectivity index (χ1v) is 19.1. The Morgan fingerprint density at radius 3 is 1.28 bits per heavy atom. The number of rotatable bonds is 2. The molecule has 0 saturated carbocycles. The van der Waals surface area contributed by atoms with Gasteiger partial charge in [-0.3, -0.25) is 0 Å². The van der Waals surface area contributed by atoms with Gasteiger partial charge in [0.2, 0.25) is 0 Å². The molecule has 11 rings (SSSR count). The fourth-order valence-corrected chi connectivity index (χ4v) is 9.67. The molecule has 2 aliphatic heterocycles. The van der Waals surface area contributed by atoms with Gasteiger partial charge in [0.1, 0.15) is 0 Å². The lowest BCUT2D eigenvalue weighted by Crippen LogP contribution is -2.59. The lowest BCUT2D eigenvalue weighted by Gasteiger charge is -2.34. The second-order valence-electron chi connectivity index (χ2n) is 17.4. The summed E-state index contributed by atoms with van der Waals surface area (Å²) in [5, 5.41) is 5.36. The lowest BCUT2D eigenvalue weighted by molar-refractivity contribution is 0.591. The molecule has 0 fully saturated rings. The molecule has 7 aromatic carbocycles. The quantitative estimate of drug-likeness (QED) is 0.161. The van der Waals surface area contributed by atoms with Gasteiger partial charge in [0, 0.05) is 44.0 Å². The highest BCUT2D eigenvalue weighted by Gasteiger charge is 2.41. The van der Waals surface area contributed by atoms with Crippen LogP contribution in [0.3, 0.4) is 0 Å². The summed E-state index contributed by atoms with van der Waals surface area (Å²) >= 11 is 0. The number of hydrogen-bond donors (Lipinski definition) is 0. The van der Waals surface area contributed by atoms with Crippen molar-refractivity contribution >= 4 is 66.7 Å². The van der Waals surface area contributed by atoms with E-state index in [1.807, 2.05) is 0 Å².